The molecule has 3 rings (SSSR count). The van der Waals surface area contributed by atoms with Crippen LogP contribution < -0.4 is 20.1 Å². The Morgan fingerprint density at radius 3 is 2.13 bits per heavy atom. The van der Waals surface area contributed by atoms with Gasteiger partial charge in [0.15, 0.2) is 0 Å². The van der Waals surface area contributed by atoms with Gasteiger partial charge >= 0.3 is 0 Å². The van der Waals surface area contributed by atoms with Crippen LogP contribution in [0.1, 0.15) is 10.4 Å². The standard InChI is InChI=1S/C23H21BrN2O4S/c1-29-19-8-5-9-20(30-2)22(19)23(28)25-15-10-12-16(13-11-15)31-14-21(27)26-18-7-4-3-6-17(18)24/h3-13H,14H2,1-2H3,(H,25,28)(H,26,27). The van der Waals surface area contributed by atoms with Gasteiger partial charge in [0.2, 0.25) is 5.91 Å². The van der Waals surface area contributed by atoms with E-state index in [4.69, 9.17) is 9.47 Å². The summed E-state index contributed by atoms with van der Waals surface area (Å²) in [6.45, 7) is 0. The molecule has 160 valence electrons. The van der Waals surface area contributed by atoms with Gasteiger partial charge < -0.3 is 20.1 Å². The molecule has 0 saturated carbocycles. The van der Waals surface area contributed by atoms with Gasteiger partial charge in [-0.15, -0.1) is 11.8 Å². The monoisotopic (exact) mass is 500 g/mol. The van der Waals surface area contributed by atoms with Crippen LogP contribution in [0.15, 0.2) is 76.1 Å². The second-order valence-electron chi connectivity index (χ2n) is 6.33. The van der Waals surface area contributed by atoms with E-state index in [1.807, 2.05) is 36.4 Å². The van der Waals surface area contributed by atoms with Crippen LogP contribution in [0.4, 0.5) is 11.4 Å². The van der Waals surface area contributed by atoms with Crippen LogP contribution in [-0.4, -0.2) is 31.8 Å². The molecule has 0 fully saturated rings. The minimum Gasteiger partial charge on any atom is -0.496 e. The van der Waals surface area contributed by atoms with Crippen molar-refractivity contribution in [2.24, 2.45) is 0 Å². The molecule has 3 aromatic rings. The number of carbonyl (C=O) groups is 2. The molecule has 0 bridgehead atoms. The Hall–Kier alpha value is -2.97. The lowest BCUT2D eigenvalue weighted by molar-refractivity contribution is -0.113. The van der Waals surface area contributed by atoms with E-state index in [0.717, 1.165) is 15.1 Å². The lowest BCUT2D eigenvalue weighted by atomic mass is 10.1. The number of amides is 2. The van der Waals surface area contributed by atoms with Crippen LogP contribution in [0.25, 0.3) is 0 Å². The molecule has 6 nitrogen and oxygen atoms in total. The molecule has 0 unspecified atom stereocenters. The molecule has 2 amide bonds. The van der Waals surface area contributed by atoms with Crippen LogP contribution in [0, 0.1) is 0 Å². The maximum Gasteiger partial charge on any atom is 0.263 e. The van der Waals surface area contributed by atoms with Gasteiger partial charge in [-0.1, -0.05) is 18.2 Å². The van der Waals surface area contributed by atoms with Crippen LogP contribution in [0.2, 0.25) is 0 Å². The number of nitrogens with one attached hydrogen (secondary N) is 2. The van der Waals surface area contributed by atoms with Crippen molar-refractivity contribution >= 4 is 50.9 Å². The molecule has 31 heavy (non-hydrogen) atoms. The average Bonchev–Trinajstić information content (AvgIpc) is 2.79. The van der Waals surface area contributed by atoms with Crippen molar-refractivity contribution in [2.75, 3.05) is 30.6 Å². The van der Waals surface area contributed by atoms with Crippen molar-refractivity contribution in [1.82, 2.24) is 0 Å². The summed E-state index contributed by atoms with van der Waals surface area (Å²) in [7, 11) is 3.01. The summed E-state index contributed by atoms with van der Waals surface area (Å²) >= 11 is 4.82. The Labute approximate surface area is 193 Å². The van der Waals surface area contributed by atoms with E-state index >= 15 is 0 Å². The number of methoxy groups -OCH3 is 2. The SMILES string of the molecule is COc1cccc(OC)c1C(=O)Nc1ccc(SCC(=O)Nc2ccccc2Br)cc1. The van der Waals surface area contributed by atoms with Crippen LogP contribution in [0.5, 0.6) is 11.5 Å². The van der Waals surface area contributed by atoms with E-state index < -0.39 is 0 Å². The Bertz CT molecular complexity index is 1050. The Morgan fingerprint density at radius 2 is 1.52 bits per heavy atom. The highest BCUT2D eigenvalue weighted by Gasteiger charge is 2.18. The highest BCUT2D eigenvalue weighted by Crippen LogP contribution is 2.29. The number of anilines is 2. The van der Waals surface area contributed by atoms with Gasteiger partial charge in [-0.3, -0.25) is 9.59 Å². The molecule has 0 heterocycles. The summed E-state index contributed by atoms with van der Waals surface area (Å²) in [5.41, 5.74) is 1.69. The first kappa shape index (κ1) is 22.7. The van der Waals surface area contributed by atoms with E-state index in [-0.39, 0.29) is 17.6 Å². The maximum absolute atomic E-state index is 12.7. The van der Waals surface area contributed by atoms with Gasteiger partial charge in [0.1, 0.15) is 17.1 Å². The molecule has 0 saturated heterocycles. The van der Waals surface area contributed by atoms with Crippen molar-refractivity contribution in [1.29, 1.82) is 0 Å². The largest absolute Gasteiger partial charge is 0.496 e. The number of rotatable bonds is 8. The zero-order chi connectivity index (χ0) is 22.2. The molecule has 0 aromatic heterocycles. The van der Waals surface area contributed by atoms with E-state index in [0.29, 0.717) is 22.7 Å². The summed E-state index contributed by atoms with van der Waals surface area (Å²) < 4.78 is 11.4. The molecule has 0 radical (unpaired) electrons. The Kier molecular flexibility index (Phi) is 7.97. The number of ether oxygens (including phenoxy) is 2. The minimum absolute atomic E-state index is 0.0995. The van der Waals surface area contributed by atoms with Gasteiger partial charge in [-0.2, -0.15) is 0 Å². The van der Waals surface area contributed by atoms with E-state index in [9.17, 15) is 9.59 Å². The van der Waals surface area contributed by atoms with Crippen molar-refractivity contribution in [2.45, 2.75) is 4.90 Å². The van der Waals surface area contributed by atoms with Gasteiger partial charge in [-0.25, -0.2) is 0 Å². The first-order chi connectivity index (χ1) is 15.0. The molecular formula is C23H21BrN2O4S. The second kappa shape index (κ2) is 10.9. The summed E-state index contributed by atoms with van der Waals surface area (Å²) in [5, 5.41) is 5.72. The quantitative estimate of drug-likeness (QED) is 0.402. The third kappa shape index (κ3) is 6.02. The van der Waals surface area contributed by atoms with Crippen LogP contribution >= 0.6 is 27.7 Å². The maximum atomic E-state index is 12.7. The fraction of sp³-hybridized carbons (Fsp3) is 0.130. The number of halogens is 1. The highest BCUT2D eigenvalue weighted by molar-refractivity contribution is 9.10. The zero-order valence-corrected chi connectivity index (χ0v) is 19.4. The van der Waals surface area contributed by atoms with E-state index in [1.165, 1.54) is 26.0 Å². The summed E-state index contributed by atoms with van der Waals surface area (Å²) in [6.07, 6.45) is 0. The number of para-hydroxylation sites is 1. The average molecular weight is 501 g/mol. The van der Waals surface area contributed by atoms with Crippen molar-refractivity contribution < 1.29 is 19.1 Å². The van der Waals surface area contributed by atoms with Crippen molar-refractivity contribution in [3.8, 4) is 11.5 Å². The zero-order valence-electron chi connectivity index (χ0n) is 17.0. The third-order valence-corrected chi connectivity index (χ3v) is 5.99. The van der Waals surface area contributed by atoms with Gasteiger partial charge in [0.05, 0.1) is 25.7 Å². The molecule has 2 N–H and O–H groups in total. The molecule has 0 aliphatic carbocycles. The first-order valence-corrected chi connectivity index (χ1v) is 11.1. The van der Waals surface area contributed by atoms with Crippen LogP contribution in [-0.2, 0) is 4.79 Å². The second-order valence-corrected chi connectivity index (χ2v) is 8.24. The van der Waals surface area contributed by atoms with Gasteiger partial charge in [0.25, 0.3) is 5.91 Å². The fourth-order valence-electron chi connectivity index (χ4n) is 2.80. The number of benzene rings is 3. The van der Waals surface area contributed by atoms with Crippen molar-refractivity contribution in [3.63, 3.8) is 0 Å². The Balaban J connectivity index is 1.59. The normalized spacial score (nSPS) is 10.3. The molecule has 8 heteroatoms. The van der Waals surface area contributed by atoms with E-state index in [1.54, 1.807) is 30.3 Å². The molecule has 0 atom stereocenters. The fourth-order valence-corrected chi connectivity index (χ4v) is 3.88. The number of hydrogen-bond acceptors (Lipinski definition) is 5. The lowest BCUT2D eigenvalue weighted by Gasteiger charge is -2.13. The number of carbonyl (C=O) groups excluding carboxylic acids is 2. The lowest BCUT2D eigenvalue weighted by Crippen LogP contribution is -2.15. The summed E-state index contributed by atoms with van der Waals surface area (Å²) in [4.78, 5) is 25.8. The van der Waals surface area contributed by atoms with Gasteiger partial charge in [0, 0.05) is 15.1 Å². The Morgan fingerprint density at radius 1 is 0.871 bits per heavy atom. The molecule has 0 spiro atoms. The predicted octanol–water partition coefficient (Wildman–Crippen LogP) is 5.45. The molecular weight excluding hydrogens is 480 g/mol. The number of hydrogen-bond donors (Lipinski definition) is 2. The summed E-state index contributed by atoms with van der Waals surface area (Å²) in [5.74, 6) is 0.700. The van der Waals surface area contributed by atoms with Crippen molar-refractivity contribution in [3.05, 3.63) is 76.8 Å². The first-order valence-electron chi connectivity index (χ1n) is 9.31. The van der Waals surface area contributed by atoms with Gasteiger partial charge in [-0.05, 0) is 64.5 Å². The third-order valence-electron chi connectivity index (χ3n) is 4.28. The minimum atomic E-state index is -0.331. The molecule has 0 aliphatic heterocycles. The summed E-state index contributed by atoms with van der Waals surface area (Å²) in [6, 6.07) is 19.9. The van der Waals surface area contributed by atoms with E-state index in [2.05, 4.69) is 26.6 Å². The molecule has 3 aromatic carbocycles. The smallest absolute Gasteiger partial charge is 0.263 e. The topological polar surface area (TPSA) is 76.7 Å². The predicted molar refractivity (Wildman–Crippen MR) is 127 cm³/mol. The number of thioether (sulfide) groups is 1. The molecule has 0 aliphatic rings. The highest BCUT2D eigenvalue weighted by atomic mass is 79.9. The van der Waals surface area contributed by atoms with Crippen LogP contribution in [0.3, 0.4) is 0 Å².